The second-order valence-electron chi connectivity index (χ2n) is 6.48. The van der Waals surface area contributed by atoms with Gasteiger partial charge < -0.3 is 0 Å². The summed E-state index contributed by atoms with van der Waals surface area (Å²) in [5, 5.41) is 12.5. The van der Waals surface area contributed by atoms with Gasteiger partial charge in [0.1, 0.15) is 5.54 Å². The van der Waals surface area contributed by atoms with Gasteiger partial charge in [0.05, 0.1) is 17.9 Å². The Morgan fingerprint density at radius 2 is 1.95 bits per heavy atom. The van der Waals surface area contributed by atoms with Crippen LogP contribution in [0.4, 0.5) is 0 Å². The average molecular weight is 277 g/mol. The fourth-order valence-electron chi connectivity index (χ4n) is 3.02. The zero-order chi connectivity index (χ0) is 14.9. The van der Waals surface area contributed by atoms with Crippen LogP contribution in [-0.4, -0.2) is 34.8 Å². The zero-order valence-electron chi connectivity index (χ0n) is 12.5. The highest BCUT2D eigenvalue weighted by Crippen LogP contribution is 2.46. The number of fused-ring (bicyclic) bond motifs is 1. The quantitative estimate of drug-likeness (QED) is 0.564. The maximum atomic E-state index is 11.8. The summed E-state index contributed by atoms with van der Waals surface area (Å²) in [6, 6.07) is 2.57. The minimum Gasteiger partial charge on any atom is -0.297 e. The standard InChI is InChI=1S/C15H23N3O2/c1-10(2)17-15(3,9-16)6-4-5-7-18-13(19)11-8-12(11)14(18)20/h10-12,17H,4-8H2,1-3H3. The first-order valence-electron chi connectivity index (χ1n) is 7.42. The highest BCUT2D eigenvalue weighted by molar-refractivity contribution is 6.08. The highest BCUT2D eigenvalue weighted by atomic mass is 16.2. The van der Waals surface area contributed by atoms with E-state index in [0.717, 1.165) is 25.7 Å². The smallest absolute Gasteiger partial charge is 0.233 e. The molecule has 5 heteroatoms. The van der Waals surface area contributed by atoms with Gasteiger partial charge in [-0.3, -0.25) is 19.8 Å². The van der Waals surface area contributed by atoms with E-state index in [4.69, 9.17) is 0 Å². The molecule has 1 aliphatic carbocycles. The summed E-state index contributed by atoms with van der Waals surface area (Å²) < 4.78 is 0. The molecule has 1 saturated carbocycles. The van der Waals surface area contributed by atoms with E-state index in [2.05, 4.69) is 11.4 Å². The third-order valence-electron chi connectivity index (χ3n) is 4.12. The Morgan fingerprint density at radius 1 is 1.35 bits per heavy atom. The fraction of sp³-hybridized carbons (Fsp3) is 0.800. The molecule has 0 spiro atoms. The molecular formula is C15H23N3O2. The van der Waals surface area contributed by atoms with Crippen molar-refractivity contribution in [2.45, 2.75) is 58.0 Å². The van der Waals surface area contributed by atoms with Crippen LogP contribution < -0.4 is 5.32 Å². The summed E-state index contributed by atoms with van der Waals surface area (Å²) in [5.74, 6) is 0.0238. The van der Waals surface area contributed by atoms with Crippen LogP contribution in [0.15, 0.2) is 0 Å². The lowest BCUT2D eigenvalue weighted by Gasteiger charge is -2.26. The van der Waals surface area contributed by atoms with Gasteiger partial charge >= 0.3 is 0 Å². The van der Waals surface area contributed by atoms with E-state index in [0.29, 0.717) is 6.54 Å². The van der Waals surface area contributed by atoms with E-state index in [1.165, 1.54) is 4.90 Å². The van der Waals surface area contributed by atoms with Crippen molar-refractivity contribution in [1.29, 1.82) is 5.26 Å². The summed E-state index contributed by atoms with van der Waals surface area (Å²) in [7, 11) is 0. The number of unbranched alkanes of at least 4 members (excludes halogenated alkanes) is 1. The number of likely N-dealkylation sites (tertiary alicyclic amines) is 1. The minimum atomic E-state index is -0.532. The van der Waals surface area contributed by atoms with Crippen molar-refractivity contribution in [2.24, 2.45) is 11.8 Å². The molecular weight excluding hydrogens is 254 g/mol. The number of hydrogen-bond acceptors (Lipinski definition) is 4. The second kappa shape index (κ2) is 5.53. The Hall–Kier alpha value is -1.41. The van der Waals surface area contributed by atoms with Crippen LogP contribution in [0.2, 0.25) is 0 Å². The molecule has 0 aromatic heterocycles. The first-order chi connectivity index (χ1) is 9.38. The lowest BCUT2D eigenvalue weighted by atomic mass is 9.95. The molecule has 3 unspecified atom stereocenters. The van der Waals surface area contributed by atoms with E-state index in [1.54, 1.807) is 0 Å². The Kier molecular flexibility index (Phi) is 4.14. The predicted octanol–water partition coefficient (Wildman–Crippen LogP) is 1.44. The van der Waals surface area contributed by atoms with Gasteiger partial charge in [-0.25, -0.2) is 0 Å². The molecule has 1 N–H and O–H groups in total. The number of carbonyl (C=O) groups excluding carboxylic acids is 2. The van der Waals surface area contributed by atoms with Crippen LogP contribution in [0.3, 0.4) is 0 Å². The van der Waals surface area contributed by atoms with Crippen molar-refractivity contribution in [3.63, 3.8) is 0 Å². The summed E-state index contributed by atoms with van der Waals surface area (Å²) in [4.78, 5) is 25.0. The summed E-state index contributed by atoms with van der Waals surface area (Å²) in [5.41, 5.74) is -0.532. The number of nitrogens with zero attached hydrogens (tertiary/aromatic N) is 2. The maximum Gasteiger partial charge on any atom is 0.233 e. The molecule has 20 heavy (non-hydrogen) atoms. The molecule has 1 aliphatic heterocycles. The van der Waals surface area contributed by atoms with Crippen molar-refractivity contribution in [3.05, 3.63) is 0 Å². The average Bonchev–Trinajstić information content (AvgIpc) is 3.12. The van der Waals surface area contributed by atoms with Crippen molar-refractivity contribution in [1.82, 2.24) is 10.2 Å². The van der Waals surface area contributed by atoms with Crippen LogP contribution in [0.1, 0.15) is 46.5 Å². The summed E-state index contributed by atoms with van der Waals surface area (Å²) in [6.07, 6.45) is 3.09. The number of carbonyl (C=O) groups is 2. The van der Waals surface area contributed by atoms with E-state index in [9.17, 15) is 14.9 Å². The Morgan fingerprint density at radius 3 is 2.45 bits per heavy atom. The molecule has 2 rings (SSSR count). The van der Waals surface area contributed by atoms with Crippen LogP contribution in [0.5, 0.6) is 0 Å². The number of rotatable bonds is 7. The molecule has 1 heterocycles. The van der Waals surface area contributed by atoms with Crippen LogP contribution >= 0.6 is 0 Å². The molecule has 3 atom stereocenters. The molecule has 1 saturated heterocycles. The lowest BCUT2D eigenvalue weighted by Crippen LogP contribution is -2.45. The molecule has 0 bridgehead atoms. The van der Waals surface area contributed by atoms with Crippen LogP contribution in [0, 0.1) is 23.2 Å². The fourth-order valence-corrected chi connectivity index (χ4v) is 3.02. The van der Waals surface area contributed by atoms with E-state index in [1.807, 2.05) is 20.8 Å². The van der Waals surface area contributed by atoms with Gasteiger partial charge in [-0.1, -0.05) is 0 Å². The maximum absolute atomic E-state index is 11.8. The van der Waals surface area contributed by atoms with Crippen molar-refractivity contribution >= 4 is 11.8 Å². The molecule has 0 aromatic rings. The van der Waals surface area contributed by atoms with Gasteiger partial charge in [-0.15, -0.1) is 0 Å². The second-order valence-corrected chi connectivity index (χ2v) is 6.48. The number of imide groups is 1. The van der Waals surface area contributed by atoms with Gasteiger partial charge in [0.15, 0.2) is 0 Å². The number of piperidine rings is 1. The van der Waals surface area contributed by atoms with Gasteiger partial charge in [-0.05, 0) is 46.5 Å². The molecule has 2 amide bonds. The van der Waals surface area contributed by atoms with E-state index < -0.39 is 5.54 Å². The molecule has 2 fully saturated rings. The first-order valence-corrected chi connectivity index (χ1v) is 7.42. The van der Waals surface area contributed by atoms with Crippen LogP contribution in [-0.2, 0) is 9.59 Å². The van der Waals surface area contributed by atoms with Gasteiger partial charge in [0.25, 0.3) is 0 Å². The largest absolute Gasteiger partial charge is 0.297 e. The number of nitriles is 1. The van der Waals surface area contributed by atoms with E-state index >= 15 is 0 Å². The molecule has 0 aromatic carbocycles. The molecule has 2 aliphatic rings. The van der Waals surface area contributed by atoms with Crippen LogP contribution in [0.25, 0.3) is 0 Å². The van der Waals surface area contributed by atoms with E-state index in [-0.39, 0.29) is 29.7 Å². The third-order valence-corrected chi connectivity index (χ3v) is 4.12. The summed E-state index contributed by atoms with van der Waals surface area (Å²) in [6.45, 7) is 6.44. The molecule has 0 radical (unpaired) electrons. The SMILES string of the molecule is CC(C)NC(C)(C#N)CCCCN1C(=O)C2CC2C1=O. The van der Waals surface area contributed by atoms with Crippen molar-refractivity contribution < 1.29 is 9.59 Å². The predicted molar refractivity (Wildman–Crippen MR) is 74.5 cm³/mol. The van der Waals surface area contributed by atoms with Gasteiger partial charge in [-0.2, -0.15) is 5.26 Å². The minimum absolute atomic E-state index is 0.00511. The van der Waals surface area contributed by atoms with Gasteiger partial charge in [0.2, 0.25) is 11.8 Å². The summed E-state index contributed by atoms with van der Waals surface area (Å²) >= 11 is 0. The number of hydrogen-bond donors (Lipinski definition) is 1. The van der Waals surface area contributed by atoms with Crippen molar-refractivity contribution in [2.75, 3.05) is 6.54 Å². The third kappa shape index (κ3) is 3.01. The molecule has 110 valence electrons. The Balaban J connectivity index is 1.73. The Labute approximate surface area is 120 Å². The van der Waals surface area contributed by atoms with Crippen molar-refractivity contribution in [3.8, 4) is 6.07 Å². The monoisotopic (exact) mass is 277 g/mol. The molecule has 5 nitrogen and oxygen atoms in total. The number of amides is 2. The lowest BCUT2D eigenvalue weighted by molar-refractivity contribution is -0.141. The zero-order valence-corrected chi connectivity index (χ0v) is 12.5. The normalized spacial score (nSPS) is 27.4. The first kappa shape index (κ1) is 15.0. The van der Waals surface area contributed by atoms with Gasteiger partial charge in [0, 0.05) is 12.6 Å². The Bertz CT molecular complexity index is 435. The topological polar surface area (TPSA) is 73.2 Å². The highest BCUT2D eigenvalue weighted by Gasteiger charge is 2.58. The number of nitrogens with one attached hydrogen (secondary N) is 1.